The maximum absolute atomic E-state index is 9.10. The van der Waals surface area contributed by atoms with Gasteiger partial charge in [-0.2, -0.15) is 15.8 Å². The van der Waals surface area contributed by atoms with Gasteiger partial charge >= 0.3 is 0 Å². The number of nitriles is 3. The predicted molar refractivity (Wildman–Crippen MR) is 78.0 cm³/mol. The minimum Gasteiger partial charge on any atom is -0.496 e. The van der Waals surface area contributed by atoms with Crippen molar-refractivity contribution in [3.8, 4) is 24.0 Å². The molecule has 2 aromatic carbocycles. The summed E-state index contributed by atoms with van der Waals surface area (Å²) in [5.74, 6) is 0.708. The third kappa shape index (κ3) is 2.61. The molecule has 21 heavy (non-hydrogen) atoms. The van der Waals surface area contributed by atoms with Gasteiger partial charge in [0, 0.05) is 16.5 Å². The molecule has 0 saturated heterocycles. The number of allylic oxidation sites excluding steroid dienone is 2. The zero-order valence-electron chi connectivity index (χ0n) is 11.2. The van der Waals surface area contributed by atoms with Crippen LogP contribution < -0.4 is 10.1 Å². The zero-order chi connectivity index (χ0) is 15.2. The number of methoxy groups -OCH3 is 1. The predicted octanol–water partition coefficient (Wildman–Crippen LogP) is 3.09. The number of hydrogen-bond acceptors (Lipinski definition) is 5. The maximum atomic E-state index is 9.10. The first-order chi connectivity index (χ1) is 10.2. The van der Waals surface area contributed by atoms with Gasteiger partial charge in [0.25, 0.3) is 0 Å². The van der Waals surface area contributed by atoms with Crippen LogP contribution in [-0.4, -0.2) is 7.11 Å². The van der Waals surface area contributed by atoms with Crippen LogP contribution in [0.25, 0.3) is 10.8 Å². The molecule has 0 aliphatic heterocycles. The second kappa shape index (κ2) is 6.10. The van der Waals surface area contributed by atoms with Crippen molar-refractivity contribution in [2.45, 2.75) is 0 Å². The Morgan fingerprint density at radius 2 is 1.62 bits per heavy atom. The van der Waals surface area contributed by atoms with Crippen molar-refractivity contribution < 1.29 is 4.74 Å². The summed E-state index contributed by atoms with van der Waals surface area (Å²) >= 11 is 0. The number of nitrogens with zero attached hydrogens (tertiary/aromatic N) is 3. The van der Waals surface area contributed by atoms with Crippen molar-refractivity contribution in [1.82, 2.24) is 0 Å². The molecular formula is C16H10N4O. The molecule has 0 heterocycles. The highest BCUT2D eigenvalue weighted by molar-refractivity contribution is 5.98. The van der Waals surface area contributed by atoms with Crippen LogP contribution in [0.5, 0.6) is 5.75 Å². The Morgan fingerprint density at radius 3 is 2.19 bits per heavy atom. The highest BCUT2D eigenvalue weighted by Gasteiger charge is 2.10. The average Bonchev–Trinajstić information content (AvgIpc) is 2.55. The third-order valence-electron chi connectivity index (χ3n) is 2.95. The van der Waals surface area contributed by atoms with E-state index in [1.165, 1.54) is 0 Å². The van der Waals surface area contributed by atoms with Crippen LogP contribution in [0.2, 0.25) is 0 Å². The van der Waals surface area contributed by atoms with Gasteiger partial charge in [-0.1, -0.05) is 24.3 Å². The van der Waals surface area contributed by atoms with Crippen LogP contribution in [-0.2, 0) is 0 Å². The van der Waals surface area contributed by atoms with Crippen molar-refractivity contribution in [2.75, 3.05) is 12.4 Å². The number of ether oxygens (including phenoxy) is 1. The van der Waals surface area contributed by atoms with E-state index in [0.29, 0.717) is 11.4 Å². The van der Waals surface area contributed by atoms with Gasteiger partial charge < -0.3 is 10.1 Å². The molecule has 0 unspecified atom stereocenters. The Morgan fingerprint density at radius 1 is 0.952 bits per heavy atom. The first-order valence-corrected chi connectivity index (χ1v) is 6.02. The van der Waals surface area contributed by atoms with Gasteiger partial charge in [0.15, 0.2) is 5.57 Å². The summed E-state index contributed by atoms with van der Waals surface area (Å²) in [7, 11) is 1.58. The fourth-order valence-electron chi connectivity index (χ4n) is 1.98. The lowest BCUT2D eigenvalue weighted by atomic mass is 10.1. The van der Waals surface area contributed by atoms with Crippen LogP contribution in [0, 0.1) is 34.0 Å². The minimum atomic E-state index is -0.252. The average molecular weight is 274 g/mol. The highest BCUT2D eigenvalue weighted by atomic mass is 16.5. The normalized spacial score (nSPS) is 9.05. The van der Waals surface area contributed by atoms with Crippen molar-refractivity contribution in [3.05, 3.63) is 47.7 Å². The molecule has 0 aromatic heterocycles. The van der Waals surface area contributed by atoms with Gasteiger partial charge in [0.1, 0.15) is 29.7 Å². The van der Waals surface area contributed by atoms with E-state index in [4.69, 9.17) is 20.5 Å². The van der Waals surface area contributed by atoms with Gasteiger partial charge in [-0.05, 0) is 12.1 Å². The number of anilines is 1. The maximum Gasteiger partial charge on any atom is 0.163 e. The summed E-state index contributed by atoms with van der Waals surface area (Å²) in [6.45, 7) is 0. The monoisotopic (exact) mass is 274 g/mol. The second-order valence-corrected chi connectivity index (χ2v) is 4.07. The zero-order valence-corrected chi connectivity index (χ0v) is 11.2. The van der Waals surface area contributed by atoms with E-state index in [1.54, 1.807) is 31.4 Å². The lowest BCUT2D eigenvalue weighted by Gasteiger charge is -2.11. The van der Waals surface area contributed by atoms with Crippen LogP contribution in [0.3, 0.4) is 0 Å². The molecule has 0 aliphatic rings. The van der Waals surface area contributed by atoms with E-state index in [2.05, 4.69) is 5.32 Å². The molecular weight excluding hydrogens is 264 g/mol. The highest BCUT2D eigenvalue weighted by Crippen LogP contribution is 2.32. The van der Waals surface area contributed by atoms with E-state index in [0.717, 1.165) is 10.8 Å². The standard InChI is InChI=1S/C16H10N4O/c1-21-16-7-6-14(12-4-2-3-5-13(12)16)20-15(10-19)11(8-17)9-18/h2-7,20H,1H3. The van der Waals surface area contributed by atoms with E-state index in [9.17, 15) is 0 Å². The summed E-state index contributed by atoms with van der Waals surface area (Å²) in [6, 6.07) is 16.2. The Kier molecular flexibility index (Phi) is 4.05. The van der Waals surface area contributed by atoms with Crippen LogP contribution in [0.15, 0.2) is 47.7 Å². The Bertz CT molecular complexity index is 831. The molecule has 5 heteroatoms. The molecule has 1 N–H and O–H groups in total. The van der Waals surface area contributed by atoms with Gasteiger partial charge in [-0.15, -0.1) is 0 Å². The molecule has 2 aromatic rings. The first-order valence-electron chi connectivity index (χ1n) is 6.02. The molecule has 0 fully saturated rings. The van der Waals surface area contributed by atoms with Gasteiger partial charge in [-0.25, -0.2) is 0 Å². The molecule has 100 valence electrons. The SMILES string of the molecule is COc1ccc(NC(C#N)=C(C#N)C#N)c2ccccc12. The fourth-order valence-corrected chi connectivity index (χ4v) is 1.98. The Hall–Kier alpha value is -3.49. The second-order valence-electron chi connectivity index (χ2n) is 4.07. The lowest BCUT2D eigenvalue weighted by molar-refractivity contribution is 0.420. The topological polar surface area (TPSA) is 92.6 Å². The van der Waals surface area contributed by atoms with Gasteiger partial charge in [0.2, 0.25) is 0 Å². The van der Waals surface area contributed by atoms with Crippen molar-refractivity contribution in [2.24, 2.45) is 0 Å². The molecule has 0 amide bonds. The number of hydrogen-bond donors (Lipinski definition) is 1. The van der Waals surface area contributed by atoms with E-state index >= 15 is 0 Å². The van der Waals surface area contributed by atoms with Crippen molar-refractivity contribution in [3.63, 3.8) is 0 Å². The van der Waals surface area contributed by atoms with E-state index < -0.39 is 0 Å². The van der Waals surface area contributed by atoms with Crippen LogP contribution in [0.4, 0.5) is 5.69 Å². The summed E-state index contributed by atoms with van der Waals surface area (Å²) in [5, 5.41) is 31.4. The molecule has 0 spiro atoms. The van der Waals surface area contributed by atoms with E-state index in [1.807, 2.05) is 30.3 Å². The molecule has 2 rings (SSSR count). The number of fused-ring (bicyclic) bond motifs is 1. The molecule has 5 nitrogen and oxygen atoms in total. The smallest absolute Gasteiger partial charge is 0.163 e. The Balaban J connectivity index is 2.60. The molecule has 0 atom stereocenters. The number of benzene rings is 2. The molecule has 0 saturated carbocycles. The summed E-state index contributed by atoms with van der Waals surface area (Å²) in [4.78, 5) is 0. The fraction of sp³-hybridized carbons (Fsp3) is 0.0625. The molecule has 0 radical (unpaired) electrons. The largest absolute Gasteiger partial charge is 0.496 e. The number of rotatable bonds is 3. The summed E-state index contributed by atoms with van der Waals surface area (Å²) in [5.41, 5.74) is 0.304. The third-order valence-corrected chi connectivity index (χ3v) is 2.95. The number of nitrogens with one attached hydrogen (secondary N) is 1. The van der Waals surface area contributed by atoms with Crippen LogP contribution >= 0.6 is 0 Å². The van der Waals surface area contributed by atoms with E-state index in [-0.39, 0.29) is 11.3 Å². The summed E-state index contributed by atoms with van der Waals surface area (Å²) < 4.78 is 5.29. The first kappa shape index (κ1) is 13.9. The summed E-state index contributed by atoms with van der Waals surface area (Å²) in [6.07, 6.45) is 0. The van der Waals surface area contributed by atoms with Crippen LogP contribution in [0.1, 0.15) is 0 Å². The van der Waals surface area contributed by atoms with Gasteiger partial charge in [0.05, 0.1) is 7.11 Å². The Labute approximate surface area is 121 Å². The van der Waals surface area contributed by atoms with Crippen molar-refractivity contribution in [1.29, 1.82) is 15.8 Å². The molecule has 0 aliphatic carbocycles. The van der Waals surface area contributed by atoms with Gasteiger partial charge in [-0.3, -0.25) is 0 Å². The molecule has 0 bridgehead atoms. The van der Waals surface area contributed by atoms with Crippen molar-refractivity contribution >= 4 is 16.5 Å². The lowest BCUT2D eigenvalue weighted by Crippen LogP contribution is -2.01. The minimum absolute atomic E-state index is 0.0738. The quantitative estimate of drug-likeness (QED) is 0.868.